The normalized spacial score (nSPS) is 12.6. The molecule has 23 heavy (non-hydrogen) atoms. The van der Waals surface area contributed by atoms with Crippen LogP contribution < -0.4 is 14.8 Å². The molecular formula is C16H12ClN3O3. The molecule has 0 fully saturated rings. The van der Waals surface area contributed by atoms with Crippen molar-refractivity contribution in [3.05, 3.63) is 47.0 Å². The molecule has 4 rings (SSSR count). The van der Waals surface area contributed by atoms with Crippen molar-refractivity contribution in [1.29, 1.82) is 0 Å². The molecule has 1 aromatic heterocycles. The fourth-order valence-electron chi connectivity index (χ4n) is 2.46. The van der Waals surface area contributed by atoms with Crippen LogP contribution in [0.2, 0.25) is 5.02 Å². The molecule has 0 aliphatic carbocycles. The summed E-state index contributed by atoms with van der Waals surface area (Å²) < 4.78 is 10.7. The number of aromatic nitrogens is 2. The minimum atomic E-state index is -0.284. The van der Waals surface area contributed by atoms with Crippen molar-refractivity contribution in [3.8, 4) is 17.5 Å². The maximum absolute atomic E-state index is 9.67. The van der Waals surface area contributed by atoms with Crippen molar-refractivity contribution in [2.45, 2.75) is 6.54 Å². The highest BCUT2D eigenvalue weighted by atomic mass is 35.5. The van der Waals surface area contributed by atoms with Crippen LogP contribution in [0.3, 0.4) is 0 Å². The average Bonchev–Trinajstić information content (AvgIpc) is 3.00. The highest BCUT2D eigenvalue weighted by Crippen LogP contribution is 2.33. The van der Waals surface area contributed by atoms with Crippen LogP contribution in [0.4, 0.5) is 5.82 Å². The molecular weight excluding hydrogens is 318 g/mol. The number of fused-ring (bicyclic) bond motifs is 2. The molecule has 0 unspecified atom stereocenters. The summed E-state index contributed by atoms with van der Waals surface area (Å²) in [6.45, 7) is 0.754. The van der Waals surface area contributed by atoms with E-state index in [0.717, 1.165) is 22.4 Å². The zero-order valence-corrected chi connectivity index (χ0v) is 12.7. The standard InChI is InChI=1S/C16H12ClN3O3/c17-10-2-3-12-11(6-10)15(20-16(21)19-12)18-7-9-1-4-13-14(5-9)23-8-22-13/h1-6H,7-8H2,(H2,18,19,20,21). The zero-order chi connectivity index (χ0) is 15.8. The third kappa shape index (κ3) is 2.68. The number of hydrogen-bond acceptors (Lipinski definition) is 6. The van der Waals surface area contributed by atoms with Gasteiger partial charge in [0.25, 0.3) is 0 Å². The number of hydrogen-bond donors (Lipinski definition) is 2. The average molecular weight is 330 g/mol. The summed E-state index contributed by atoms with van der Waals surface area (Å²) in [6, 6.07) is 10.7. The second-order valence-corrected chi connectivity index (χ2v) is 5.51. The summed E-state index contributed by atoms with van der Waals surface area (Å²) in [6.07, 6.45) is 0. The van der Waals surface area contributed by atoms with Gasteiger partial charge in [-0.05, 0) is 35.9 Å². The first kappa shape index (κ1) is 13.9. The van der Waals surface area contributed by atoms with Gasteiger partial charge in [-0.15, -0.1) is 0 Å². The molecule has 0 bridgehead atoms. The van der Waals surface area contributed by atoms with Gasteiger partial charge in [-0.25, -0.2) is 0 Å². The lowest BCUT2D eigenvalue weighted by Gasteiger charge is -2.10. The Morgan fingerprint density at radius 1 is 1.09 bits per heavy atom. The second-order valence-electron chi connectivity index (χ2n) is 5.07. The number of anilines is 1. The molecule has 0 amide bonds. The summed E-state index contributed by atoms with van der Waals surface area (Å²) in [5.74, 6) is 1.99. The van der Waals surface area contributed by atoms with E-state index >= 15 is 0 Å². The molecule has 6 nitrogen and oxygen atoms in total. The van der Waals surface area contributed by atoms with E-state index in [4.69, 9.17) is 21.1 Å². The topological polar surface area (TPSA) is 76.5 Å². The maximum Gasteiger partial charge on any atom is 0.316 e. The molecule has 116 valence electrons. The number of aromatic hydroxyl groups is 1. The molecule has 0 saturated carbocycles. The van der Waals surface area contributed by atoms with E-state index in [0.29, 0.717) is 22.9 Å². The van der Waals surface area contributed by atoms with Crippen LogP contribution in [0.15, 0.2) is 36.4 Å². The monoisotopic (exact) mass is 329 g/mol. The van der Waals surface area contributed by atoms with Crippen molar-refractivity contribution in [1.82, 2.24) is 9.97 Å². The van der Waals surface area contributed by atoms with Crippen molar-refractivity contribution in [2.24, 2.45) is 0 Å². The van der Waals surface area contributed by atoms with Gasteiger partial charge in [-0.1, -0.05) is 17.7 Å². The van der Waals surface area contributed by atoms with Crippen molar-refractivity contribution < 1.29 is 14.6 Å². The fraction of sp³-hybridized carbons (Fsp3) is 0.125. The predicted molar refractivity (Wildman–Crippen MR) is 86.1 cm³/mol. The fourth-order valence-corrected chi connectivity index (χ4v) is 2.63. The molecule has 3 aromatic rings. The molecule has 0 saturated heterocycles. The van der Waals surface area contributed by atoms with Gasteiger partial charge in [0, 0.05) is 17.0 Å². The number of nitrogens with one attached hydrogen (secondary N) is 1. The smallest absolute Gasteiger partial charge is 0.316 e. The Balaban J connectivity index is 1.63. The number of ether oxygens (including phenoxy) is 2. The van der Waals surface area contributed by atoms with Crippen LogP contribution in [-0.2, 0) is 6.54 Å². The SMILES string of the molecule is Oc1nc(NCc2ccc3c(c2)OCO3)c2cc(Cl)ccc2n1. The van der Waals surface area contributed by atoms with Crippen LogP contribution in [0.1, 0.15) is 5.56 Å². The Labute approximate surface area is 136 Å². The molecule has 2 aromatic carbocycles. The molecule has 7 heteroatoms. The first-order valence-corrected chi connectivity index (χ1v) is 7.35. The van der Waals surface area contributed by atoms with E-state index in [1.165, 1.54) is 0 Å². The Morgan fingerprint density at radius 3 is 2.87 bits per heavy atom. The van der Waals surface area contributed by atoms with Crippen molar-refractivity contribution >= 4 is 28.3 Å². The van der Waals surface area contributed by atoms with E-state index in [2.05, 4.69) is 15.3 Å². The molecule has 0 radical (unpaired) electrons. The minimum absolute atomic E-state index is 0.245. The van der Waals surface area contributed by atoms with Crippen LogP contribution in [0, 0.1) is 0 Å². The molecule has 1 aliphatic heterocycles. The van der Waals surface area contributed by atoms with Gasteiger partial charge in [-0.2, -0.15) is 9.97 Å². The Bertz CT molecular complexity index is 901. The van der Waals surface area contributed by atoms with Crippen LogP contribution in [0.25, 0.3) is 10.9 Å². The Hall–Kier alpha value is -2.73. The van der Waals surface area contributed by atoms with E-state index in [1.54, 1.807) is 18.2 Å². The second kappa shape index (κ2) is 5.48. The lowest BCUT2D eigenvalue weighted by molar-refractivity contribution is 0.174. The van der Waals surface area contributed by atoms with E-state index < -0.39 is 0 Å². The first-order chi connectivity index (χ1) is 11.2. The lowest BCUT2D eigenvalue weighted by Crippen LogP contribution is -2.03. The highest BCUT2D eigenvalue weighted by molar-refractivity contribution is 6.31. The third-order valence-corrected chi connectivity index (χ3v) is 3.78. The summed E-state index contributed by atoms with van der Waals surface area (Å²) in [7, 11) is 0. The molecule has 0 spiro atoms. The number of halogens is 1. The van der Waals surface area contributed by atoms with Crippen LogP contribution >= 0.6 is 11.6 Å². The molecule has 1 aliphatic rings. The summed E-state index contributed by atoms with van der Waals surface area (Å²) in [5.41, 5.74) is 1.62. The number of nitrogens with zero attached hydrogens (tertiary/aromatic N) is 2. The quantitative estimate of drug-likeness (QED) is 0.767. The Kier molecular flexibility index (Phi) is 3.31. The summed E-state index contributed by atoms with van der Waals surface area (Å²) in [5, 5.41) is 14.2. The van der Waals surface area contributed by atoms with Gasteiger partial charge < -0.3 is 19.9 Å². The lowest BCUT2D eigenvalue weighted by atomic mass is 10.2. The number of benzene rings is 2. The summed E-state index contributed by atoms with van der Waals surface area (Å²) in [4.78, 5) is 8.04. The van der Waals surface area contributed by atoms with Gasteiger partial charge in [0.15, 0.2) is 11.5 Å². The van der Waals surface area contributed by atoms with Crippen LogP contribution in [0.5, 0.6) is 17.5 Å². The van der Waals surface area contributed by atoms with Gasteiger partial charge in [0.2, 0.25) is 6.79 Å². The minimum Gasteiger partial charge on any atom is -0.479 e. The molecule has 2 N–H and O–H groups in total. The predicted octanol–water partition coefficient (Wildman–Crippen LogP) is 3.33. The van der Waals surface area contributed by atoms with E-state index in [-0.39, 0.29) is 12.8 Å². The van der Waals surface area contributed by atoms with Gasteiger partial charge in [0.05, 0.1) is 5.52 Å². The van der Waals surface area contributed by atoms with Gasteiger partial charge in [-0.3, -0.25) is 0 Å². The zero-order valence-electron chi connectivity index (χ0n) is 11.9. The number of rotatable bonds is 3. The van der Waals surface area contributed by atoms with Crippen molar-refractivity contribution in [3.63, 3.8) is 0 Å². The largest absolute Gasteiger partial charge is 0.479 e. The Morgan fingerprint density at radius 2 is 1.96 bits per heavy atom. The van der Waals surface area contributed by atoms with Crippen molar-refractivity contribution in [2.75, 3.05) is 12.1 Å². The summed E-state index contributed by atoms with van der Waals surface area (Å²) >= 11 is 6.04. The van der Waals surface area contributed by atoms with Gasteiger partial charge >= 0.3 is 6.01 Å². The van der Waals surface area contributed by atoms with Crippen LogP contribution in [-0.4, -0.2) is 21.9 Å². The van der Waals surface area contributed by atoms with E-state index in [9.17, 15) is 5.11 Å². The molecule has 2 heterocycles. The van der Waals surface area contributed by atoms with E-state index in [1.807, 2.05) is 18.2 Å². The molecule has 0 atom stereocenters. The van der Waals surface area contributed by atoms with Gasteiger partial charge in [0.1, 0.15) is 5.82 Å². The highest BCUT2D eigenvalue weighted by Gasteiger charge is 2.13. The first-order valence-electron chi connectivity index (χ1n) is 6.98. The maximum atomic E-state index is 9.67. The third-order valence-electron chi connectivity index (χ3n) is 3.54.